The third-order valence-electron chi connectivity index (χ3n) is 4.79. The summed E-state index contributed by atoms with van der Waals surface area (Å²) in [5.74, 6) is -1.50. The number of carboxylic acids is 1. The van der Waals surface area contributed by atoms with Crippen LogP contribution in [0.3, 0.4) is 0 Å². The lowest BCUT2D eigenvalue weighted by atomic mass is 10.0. The van der Waals surface area contributed by atoms with Gasteiger partial charge in [0.25, 0.3) is 10.2 Å². The molecule has 1 saturated carbocycles. The van der Waals surface area contributed by atoms with E-state index in [1.54, 1.807) is 4.31 Å². The molecule has 0 amide bonds. The molecule has 0 aromatic carbocycles. The second kappa shape index (κ2) is 5.83. The van der Waals surface area contributed by atoms with Gasteiger partial charge in [-0.05, 0) is 32.1 Å². The van der Waals surface area contributed by atoms with E-state index in [0.717, 1.165) is 19.3 Å². The summed E-state index contributed by atoms with van der Waals surface area (Å²) in [5.41, 5.74) is 0. The van der Waals surface area contributed by atoms with Crippen LogP contribution in [-0.2, 0) is 19.7 Å². The first-order valence-corrected chi connectivity index (χ1v) is 9.01. The maximum absolute atomic E-state index is 12.9. The minimum atomic E-state index is -3.58. The van der Waals surface area contributed by atoms with Gasteiger partial charge in [0.15, 0.2) is 0 Å². The lowest BCUT2D eigenvalue weighted by molar-refractivity contribution is -0.142. The maximum atomic E-state index is 12.9. The molecular weight excluding hydrogens is 296 g/mol. The molecule has 7 nitrogen and oxygen atoms in total. The fraction of sp³-hybridized carbons (Fsp3) is 0.923. The molecule has 1 N–H and O–H groups in total. The highest BCUT2D eigenvalue weighted by molar-refractivity contribution is 7.86. The zero-order chi connectivity index (χ0) is 15.0. The molecule has 3 atom stereocenters. The Morgan fingerprint density at radius 3 is 2.71 bits per heavy atom. The number of hydrogen-bond acceptors (Lipinski definition) is 4. The Balaban J connectivity index is 1.77. The Bertz CT molecular complexity index is 509. The number of hydrogen-bond donors (Lipinski definition) is 1. The van der Waals surface area contributed by atoms with Crippen molar-refractivity contribution in [3.05, 3.63) is 0 Å². The molecule has 2 saturated heterocycles. The van der Waals surface area contributed by atoms with Gasteiger partial charge in [-0.15, -0.1) is 0 Å². The Labute approximate surface area is 125 Å². The van der Waals surface area contributed by atoms with Crippen molar-refractivity contribution >= 4 is 16.2 Å². The number of carboxylic acid groups (broad SMARTS) is 1. The molecular formula is C13H22N2O5S. The number of ether oxygens (including phenoxy) is 1. The van der Waals surface area contributed by atoms with Gasteiger partial charge in [-0.2, -0.15) is 17.0 Å². The number of morpholine rings is 1. The Morgan fingerprint density at radius 1 is 1.14 bits per heavy atom. The van der Waals surface area contributed by atoms with Gasteiger partial charge >= 0.3 is 5.97 Å². The van der Waals surface area contributed by atoms with Crippen LogP contribution in [0.4, 0.5) is 0 Å². The van der Waals surface area contributed by atoms with Crippen molar-refractivity contribution < 1.29 is 23.1 Å². The van der Waals surface area contributed by atoms with Gasteiger partial charge in [-0.3, -0.25) is 4.79 Å². The zero-order valence-electron chi connectivity index (χ0n) is 12.0. The topological polar surface area (TPSA) is 87.2 Å². The molecule has 3 fully saturated rings. The van der Waals surface area contributed by atoms with Gasteiger partial charge in [0.05, 0.1) is 24.7 Å². The molecule has 0 bridgehead atoms. The molecule has 3 unspecified atom stereocenters. The standard InChI is InChI=1S/C13H22N2O5S/c16-13(17)10-3-2-6-14(9-10)21(18,19)15-7-8-20-12-5-1-4-11(12)15/h10-12H,1-9H2,(H,16,17). The fourth-order valence-electron chi connectivity index (χ4n) is 3.68. The second-order valence-electron chi connectivity index (χ2n) is 6.06. The van der Waals surface area contributed by atoms with E-state index in [1.807, 2.05) is 0 Å². The minimum Gasteiger partial charge on any atom is -0.481 e. The number of rotatable bonds is 3. The van der Waals surface area contributed by atoms with Crippen LogP contribution in [0, 0.1) is 5.92 Å². The molecule has 120 valence electrons. The number of aliphatic carboxylic acids is 1. The molecule has 2 heterocycles. The predicted molar refractivity (Wildman–Crippen MR) is 74.9 cm³/mol. The van der Waals surface area contributed by atoms with Crippen LogP contribution < -0.4 is 0 Å². The van der Waals surface area contributed by atoms with Crippen molar-refractivity contribution in [2.75, 3.05) is 26.2 Å². The van der Waals surface area contributed by atoms with E-state index in [1.165, 1.54) is 4.31 Å². The lowest BCUT2D eigenvalue weighted by Gasteiger charge is -2.41. The summed E-state index contributed by atoms with van der Waals surface area (Å²) in [7, 11) is -3.58. The normalized spacial score (nSPS) is 35.5. The molecule has 21 heavy (non-hydrogen) atoms. The molecule has 8 heteroatoms. The van der Waals surface area contributed by atoms with E-state index in [0.29, 0.717) is 32.5 Å². The van der Waals surface area contributed by atoms with Gasteiger partial charge in [0.2, 0.25) is 0 Å². The Hall–Kier alpha value is -0.700. The SMILES string of the molecule is O=C(O)C1CCCN(S(=O)(=O)N2CCOC3CCCC32)C1. The van der Waals surface area contributed by atoms with Crippen molar-refractivity contribution in [3.63, 3.8) is 0 Å². The zero-order valence-corrected chi connectivity index (χ0v) is 12.8. The summed E-state index contributed by atoms with van der Waals surface area (Å²) in [6.45, 7) is 1.31. The van der Waals surface area contributed by atoms with Crippen LogP contribution in [0.5, 0.6) is 0 Å². The van der Waals surface area contributed by atoms with Crippen LogP contribution in [0.1, 0.15) is 32.1 Å². The summed E-state index contributed by atoms with van der Waals surface area (Å²) in [5, 5.41) is 9.13. The first-order valence-electron chi connectivity index (χ1n) is 7.61. The van der Waals surface area contributed by atoms with E-state index in [9.17, 15) is 13.2 Å². The van der Waals surface area contributed by atoms with Gasteiger partial charge in [0, 0.05) is 19.6 Å². The molecule has 0 radical (unpaired) electrons. The van der Waals surface area contributed by atoms with Crippen molar-refractivity contribution in [2.45, 2.75) is 44.2 Å². The second-order valence-corrected chi connectivity index (χ2v) is 7.94. The molecule has 0 aromatic rings. The largest absolute Gasteiger partial charge is 0.481 e. The summed E-state index contributed by atoms with van der Waals surface area (Å²) < 4.78 is 34.3. The number of piperidine rings is 1. The maximum Gasteiger partial charge on any atom is 0.307 e. The van der Waals surface area contributed by atoms with E-state index in [2.05, 4.69) is 0 Å². The summed E-state index contributed by atoms with van der Waals surface area (Å²) in [6, 6.07) is -0.0750. The molecule has 1 aliphatic carbocycles. The van der Waals surface area contributed by atoms with Gasteiger partial charge in [0.1, 0.15) is 0 Å². The van der Waals surface area contributed by atoms with Crippen LogP contribution in [0.2, 0.25) is 0 Å². The first-order chi connectivity index (χ1) is 10.00. The Morgan fingerprint density at radius 2 is 1.95 bits per heavy atom. The summed E-state index contributed by atoms with van der Waals surface area (Å²) >= 11 is 0. The highest BCUT2D eigenvalue weighted by Gasteiger charge is 2.45. The minimum absolute atomic E-state index is 0.00795. The number of nitrogens with zero attached hydrogens (tertiary/aromatic N) is 2. The number of carbonyl (C=O) groups is 1. The van der Waals surface area contributed by atoms with Gasteiger partial charge in [-0.25, -0.2) is 0 Å². The van der Waals surface area contributed by atoms with E-state index < -0.39 is 22.1 Å². The van der Waals surface area contributed by atoms with E-state index in [4.69, 9.17) is 9.84 Å². The number of fused-ring (bicyclic) bond motifs is 1. The van der Waals surface area contributed by atoms with Crippen molar-refractivity contribution in [3.8, 4) is 0 Å². The van der Waals surface area contributed by atoms with Crippen LogP contribution in [0.15, 0.2) is 0 Å². The van der Waals surface area contributed by atoms with Crippen molar-refractivity contribution in [1.82, 2.24) is 8.61 Å². The first kappa shape index (κ1) is 15.2. The quantitative estimate of drug-likeness (QED) is 0.808. The van der Waals surface area contributed by atoms with E-state index >= 15 is 0 Å². The van der Waals surface area contributed by atoms with Crippen LogP contribution in [0.25, 0.3) is 0 Å². The molecule has 0 spiro atoms. The fourth-order valence-corrected chi connectivity index (χ4v) is 5.59. The summed E-state index contributed by atoms with van der Waals surface area (Å²) in [6.07, 6.45) is 3.90. The van der Waals surface area contributed by atoms with Crippen molar-refractivity contribution in [2.24, 2.45) is 5.92 Å². The summed E-state index contributed by atoms with van der Waals surface area (Å²) in [4.78, 5) is 11.1. The van der Waals surface area contributed by atoms with Crippen molar-refractivity contribution in [1.29, 1.82) is 0 Å². The average Bonchev–Trinajstić information content (AvgIpc) is 2.95. The van der Waals surface area contributed by atoms with Crippen LogP contribution in [-0.4, -0.2) is 66.5 Å². The molecule has 3 aliphatic rings. The highest BCUT2D eigenvalue weighted by atomic mass is 32.2. The van der Waals surface area contributed by atoms with Gasteiger partial charge in [-0.1, -0.05) is 0 Å². The third kappa shape index (κ3) is 2.81. The monoisotopic (exact) mass is 318 g/mol. The molecule has 2 aliphatic heterocycles. The van der Waals surface area contributed by atoms with E-state index in [-0.39, 0.29) is 18.7 Å². The average molecular weight is 318 g/mol. The lowest BCUT2D eigenvalue weighted by Crippen LogP contribution is -2.57. The molecule has 3 rings (SSSR count). The predicted octanol–water partition coefficient (Wildman–Crippen LogP) is 0.281. The van der Waals surface area contributed by atoms with Crippen LogP contribution >= 0.6 is 0 Å². The molecule has 0 aromatic heterocycles. The van der Waals surface area contributed by atoms with Gasteiger partial charge < -0.3 is 9.84 Å². The highest BCUT2D eigenvalue weighted by Crippen LogP contribution is 2.33. The smallest absolute Gasteiger partial charge is 0.307 e. The Kier molecular flexibility index (Phi) is 4.22. The third-order valence-corrected chi connectivity index (χ3v) is 6.82.